The van der Waals surface area contributed by atoms with Crippen molar-refractivity contribution in [1.82, 2.24) is 26.6 Å². The van der Waals surface area contributed by atoms with Gasteiger partial charge in [0.05, 0.1) is 53.2 Å². The standard InChI is InChI=1S/C17H21BF5NO4.C11H11BF5NO4.C11H10F5NO2.C11H12F3NO2.C10H10F3NO2.C9H10O3/c1-9-6-10(18-27-15(2,3)16(4,5)28-18)7-11(26-14(19)20)12(9)13(25)24-8-17(21,22)23;1-5-2-6(12(20)21)3-7(22-10(13)14)8(5)9(19)18-4-11(15,16)17;1-6-3-2-4-7(19-10(12)13)8(6)9(18)17-5-11(14,15)16;1-7-4-3-5-8(17-2)9(7)10(16)15-6-11(12,13)14;1-6-3-2-4-7(15)8(6)9(16)14-5-10(11,12)13;1-6-4-3-5-7(12-2)8(6)9(10)11/h6-7,14H,8H2,1-5H3,(H,24,25);2-3,10,20-21H,4H2,1H3,(H,18,19);2-4,10H,5H2,1H3,(H,17,18);3-5H,6H2,1-2H3,(H,15,16);2-4,15H,5H2,1H3,(H,14,16);3-5H,1-2H3,(H,10,11). The minimum absolute atomic E-state index is 0.0547. The lowest BCUT2D eigenvalue weighted by atomic mass is 9.77. The summed E-state index contributed by atoms with van der Waals surface area (Å²) >= 11 is 0. The molecule has 5 amide bonds. The number of hydrogen-bond acceptors (Lipinski definition) is 16. The van der Waals surface area contributed by atoms with Crippen LogP contribution in [-0.2, 0) is 9.31 Å². The van der Waals surface area contributed by atoms with E-state index < -0.39 is 173 Å². The molecule has 0 aliphatic carbocycles. The van der Waals surface area contributed by atoms with Crippen molar-refractivity contribution in [2.24, 2.45) is 0 Å². The summed E-state index contributed by atoms with van der Waals surface area (Å²) in [5.41, 5.74) is -0.404. The van der Waals surface area contributed by atoms with Gasteiger partial charge < -0.3 is 79.8 Å². The van der Waals surface area contributed by atoms with Gasteiger partial charge in [-0.2, -0.15) is 92.2 Å². The topological polar surface area (TPSA) is 308 Å². The first-order chi connectivity index (χ1) is 52.2. The second kappa shape index (κ2) is 42.5. The summed E-state index contributed by atoms with van der Waals surface area (Å²) in [5.74, 6) is -7.70. The van der Waals surface area contributed by atoms with E-state index in [-0.39, 0.29) is 55.9 Å². The predicted molar refractivity (Wildman–Crippen MR) is 366 cm³/mol. The highest BCUT2D eigenvalue weighted by molar-refractivity contribution is 6.62. The molecule has 1 heterocycles. The highest BCUT2D eigenvalue weighted by atomic mass is 19.4. The largest absolute Gasteiger partial charge is 0.507 e. The highest BCUT2D eigenvalue weighted by Crippen LogP contribution is 2.38. The Bertz CT molecular complexity index is 4200. The maximum Gasteiger partial charge on any atom is 0.494 e. The number of carboxylic acid groups (broad SMARTS) is 1. The SMILES string of the molecule is COc1cccc(C)c1C(=O)NCC(F)(F)F.COc1cccc(C)c1C(=O)O.Cc1cc(B(O)O)cc(OC(F)F)c1C(=O)NCC(F)(F)F.Cc1cc(B2OC(C)(C)C(C)(C)O2)cc(OC(F)F)c1C(=O)NCC(F)(F)F.Cc1cccc(O)c1C(=O)NCC(F)(F)F.Cc1cccc(OC(F)F)c1C(=O)NCC(F)(F)F. The third-order valence-electron chi connectivity index (χ3n) is 15.1. The van der Waals surface area contributed by atoms with Crippen LogP contribution in [-0.4, -0.2) is 179 Å². The Balaban J connectivity index is 0.000000472. The number of phenols is 1. The van der Waals surface area contributed by atoms with E-state index >= 15 is 0 Å². The van der Waals surface area contributed by atoms with Crippen LogP contribution in [0.15, 0.2) is 97.1 Å². The fourth-order valence-corrected chi connectivity index (χ4v) is 9.39. The molecule has 0 bridgehead atoms. The van der Waals surface area contributed by atoms with E-state index in [1.54, 1.807) is 87.8 Å². The molecule has 0 saturated carbocycles. The van der Waals surface area contributed by atoms with Gasteiger partial charge in [0, 0.05) is 0 Å². The molecule has 1 fully saturated rings. The molecule has 1 saturated heterocycles. The molecule has 0 radical (unpaired) electrons. The molecule has 1 aliphatic rings. The number of carbonyl (C=O) groups is 6. The molecule has 1 aliphatic heterocycles. The normalized spacial score (nSPS) is 12.9. The number of methoxy groups -OCH3 is 2. The fourth-order valence-electron chi connectivity index (χ4n) is 9.39. The van der Waals surface area contributed by atoms with E-state index in [0.717, 1.165) is 24.3 Å². The summed E-state index contributed by atoms with van der Waals surface area (Å²) in [5, 5.41) is 44.5. The van der Waals surface area contributed by atoms with E-state index in [0.29, 0.717) is 27.9 Å². The number of nitrogens with one attached hydrogen (secondary N) is 5. The van der Waals surface area contributed by atoms with Gasteiger partial charge in [-0.3, -0.25) is 24.0 Å². The number of aryl methyl sites for hydroxylation is 6. The number of aromatic hydroxyl groups is 1. The third-order valence-corrected chi connectivity index (χ3v) is 15.1. The molecule has 0 aromatic heterocycles. The zero-order valence-corrected chi connectivity index (χ0v) is 61.7. The summed E-state index contributed by atoms with van der Waals surface area (Å²) in [6, 6.07) is 22.4. The number of ether oxygens (including phenoxy) is 5. The monoisotopic (exact) mass is 1670 g/mol. The van der Waals surface area contributed by atoms with Crippen molar-refractivity contribution >= 4 is 60.7 Å². The quantitative estimate of drug-likeness (QED) is 0.0239. The lowest BCUT2D eigenvalue weighted by Crippen LogP contribution is -2.41. The van der Waals surface area contributed by atoms with Crippen molar-refractivity contribution < 1.29 is 174 Å². The van der Waals surface area contributed by atoms with Crippen molar-refractivity contribution in [3.63, 3.8) is 0 Å². The summed E-state index contributed by atoms with van der Waals surface area (Å²) < 4.78 is 289. The Labute approximate surface area is 636 Å². The Morgan fingerprint density at radius 1 is 0.404 bits per heavy atom. The van der Waals surface area contributed by atoms with Crippen LogP contribution in [0.25, 0.3) is 0 Å². The average molecular weight is 1670 g/mol. The van der Waals surface area contributed by atoms with Crippen LogP contribution < -0.4 is 61.2 Å². The Kier molecular flexibility index (Phi) is 37.1. The Hall–Kier alpha value is -10.6. The number of hydrogen-bond donors (Lipinski definition) is 9. The first-order valence-corrected chi connectivity index (χ1v) is 32.2. The van der Waals surface area contributed by atoms with Crippen LogP contribution in [0.3, 0.4) is 0 Å². The molecule has 7 rings (SSSR count). The zero-order chi connectivity index (χ0) is 87.7. The number of aromatic carboxylic acids is 1. The summed E-state index contributed by atoms with van der Waals surface area (Å²) in [6.45, 7) is -1.23. The van der Waals surface area contributed by atoms with E-state index in [1.165, 1.54) is 89.7 Å². The molecule has 9 N–H and O–H groups in total. The fraction of sp³-hybridized carbons (Fsp3) is 0.391. The third kappa shape index (κ3) is 33.6. The maximum absolute atomic E-state index is 12.8. The zero-order valence-electron chi connectivity index (χ0n) is 61.7. The van der Waals surface area contributed by atoms with Gasteiger partial charge in [0.1, 0.15) is 72.8 Å². The second-order valence-electron chi connectivity index (χ2n) is 24.5. The lowest BCUT2D eigenvalue weighted by molar-refractivity contribution is -0.123. The Morgan fingerprint density at radius 2 is 0.675 bits per heavy atom. The van der Waals surface area contributed by atoms with Crippen molar-refractivity contribution in [2.45, 2.75) is 131 Å². The number of carbonyl (C=O) groups excluding carboxylic acids is 5. The summed E-state index contributed by atoms with van der Waals surface area (Å²) in [7, 11) is -0.127. The van der Waals surface area contributed by atoms with Crippen LogP contribution in [0.1, 0.15) is 123 Å². The molecular weight excluding hydrogens is 1590 g/mol. The van der Waals surface area contributed by atoms with E-state index in [9.17, 15) is 126 Å². The second-order valence-corrected chi connectivity index (χ2v) is 24.5. The van der Waals surface area contributed by atoms with Gasteiger partial charge in [0.15, 0.2) is 0 Å². The van der Waals surface area contributed by atoms with Gasteiger partial charge in [-0.25, -0.2) is 4.79 Å². The van der Waals surface area contributed by atoms with Crippen molar-refractivity contribution in [3.05, 3.63) is 164 Å². The maximum atomic E-state index is 12.8. The molecule has 0 atom stereocenters. The van der Waals surface area contributed by atoms with Gasteiger partial charge in [-0.05, 0) is 150 Å². The van der Waals surface area contributed by atoms with Crippen LogP contribution in [0.2, 0.25) is 0 Å². The predicted octanol–water partition coefficient (Wildman–Crippen LogP) is 12.6. The molecule has 630 valence electrons. The number of phenolic OH excluding ortho intramolecular Hbond substituents is 1. The first-order valence-electron chi connectivity index (χ1n) is 32.2. The molecule has 6 aromatic rings. The number of carboxylic acids is 1. The number of benzene rings is 6. The van der Waals surface area contributed by atoms with Crippen molar-refractivity contribution in [2.75, 3.05) is 46.9 Å². The van der Waals surface area contributed by atoms with Crippen LogP contribution in [0.4, 0.5) is 92.2 Å². The number of amides is 5. The molecular formula is C69H74B2F21N5O17. The van der Waals surface area contributed by atoms with Gasteiger partial charge >= 0.3 is 70.9 Å². The molecule has 0 unspecified atom stereocenters. The van der Waals surface area contributed by atoms with E-state index in [4.69, 9.17) is 33.9 Å². The Morgan fingerprint density at radius 3 is 0.982 bits per heavy atom. The molecule has 22 nitrogen and oxygen atoms in total. The van der Waals surface area contributed by atoms with Gasteiger partial charge in [0.25, 0.3) is 29.5 Å². The minimum Gasteiger partial charge on any atom is -0.507 e. The smallest absolute Gasteiger partial charge is 0.494 e. The molecule has 0 spiro atoms. The van der Waals surface area contributed by atoms with Crippen molar-refractivity contribution in [1.29, 1.82) is 0 Å². The molecule has 6 aromatic carbocycles. The average Bonchev–Trinajstić information content (AvgIpc) is 1.60. The van der Waals surface area contributed by atoms with Gasteiger partial charge in [-0.1, -0.05) is 60.7 Å². The van der Waals surface area contributed by atoms with Crippen LogP contribution in [0.5, 0.6) is 34.5 Å². The number of alkyl halides is 21. The first kappa shape index (κ1) is 99.5. The van der Waals surface area contributed by atoms with E-state index in [2.05, 4.69) is 14.2 Å². The van der Waals surface area contributed by atoms with Crippen LogP contribution in [0, 0.1) is 41.5 Å². The van der Waals surface area contributed by atoms with E-state index in [1.807, 2.05) is 5.32 Å². The summed E-state index contributed by atoms with van der Waals surface area (Å²) in [4.78, 5) is 69.2. The highest BCUT2D eigenvalue weighted by Gasteiger charge is 2.52. The number of halogens is 21. The van der Waals surface area contributed by atoms with Crippen molar-refractivity contribution in [3.8, 4) is 34.5 Å². The van der Waals surface area contributed by atoms with Crippen LogP contribution >= 0.6 is 0 Å². The molecule has 45 heteroatoms. The molecule has 114 heavy (non-hydrogen) atoms. The summed E-state index contributed by atoms with van der Waals surface area (Å²) in [6.07, 6.45) is -22.8. The van der Waals surface area contributed by atoms with Gasteiger partial charge in [0.2, 0.25) is 0 Å². The van der Waals surface area contributed by atoms with Gasteiger partial charge in [-0.15, -0.1) is 0 Å². The number of rotatable bonds is 21. The minimum atomic E-state index is -4.67. The lowest BCUT2D eigenvalue weighted by Gasteiger charge is -2.32.